The molecule has 0 saturated heterocycles. The molecule has 150 valence electrons. The van der Waals surface area contributed by atoms with Crippen LogP contribution in [0.1, 0.15) is 60.7 Å². The monoisotopic (exact) mass is 383 g/mol. The predicted molar refractivity (Wildman–Crippen MR) is 111 cm³/mol. The second-order valence-corrected chi connectivity index (χ2v) is 7.14. The van der Waals surface area contributed by atoms with Crippen molar-refractivity contribution in [3.8, 4) is 5.75 Å². The summed E-state index contributed by atoms with van der Waals surface area (Å²) in [6.45, 7) is 11.7. The van der Waals surface area contributed by atoms with Gasteiger partial charge in [0.15, 0.2) is 6.10 Å². The molecule has 2 aromatic carbocycles. The van der Waals surface area contributed by atoms with Crippen molar-refractivity contribution in [1.82, 2.24) is 0 Å². The summed E-state index contributed by atoms with van der Waals surface area (Å²) in [5.74, 6) is 0.325. The highest BCUT2D eigenvalue weighted by Crippen LogP contribution is 2.28. The number of carbonyl (C=O) groups excluding carboxylic acids is 2. The third-order valence-corrected chi connectivity index (χ3v) is 4.55. The minimum Gasteiger partial charge on any atom is -0.481 e. The van der Waals surface area contributed by atoms with E-state index in [1.54, 1.807) is 39.0 Å². The van der Waals surface area contributed by atoms with Gasteiger partial charge in [0.1, 0.15) is 5.75 Å². The number of benzene rings is 2. The minimum absolute atomic E-state index is 0.277. The van der Waals surface area contributed by atoms with Crippen molar-refractivity contribution in [2.75, 3.05) is 11.9 Å². The van der Waals surface area contributed by atoms with E-state index in [1.807, 2.05) is 25.1 Å². The number of esters is 1. The molecule has 0 aromatic heterocycles. The zero-order chi connectivity index (χ0) is 20.8. The van der Waals surface area contributed by atoms with Crippen LogP contribution in [0.4, 0.5) is 5.69 Å². The second-order valence-electron chi connectivity index (χ2n) is 7.14. The van der Waals surface area contributed by atoms with Crippen LogP contribution in [-0.2, 0) is 9.53 Å². The van der Waals surface area contributed by atoms with Crippen LogP contribution < -0.4 is 10.1 Å². The lowest BCUT2D eigenvalue weighted by Gasteiger charge is -2.20. The molecule has 0 saturated carbocycles. The Morgan fingerprint density at radius 2 is 1.79 bits per heavy atom. The Hall–Kier alpha value is -2.82. The number of amides is 1. The van der Waals surface area contributed by atoms with Gasteiger partial charge in [-0.15, -0.1) is 0 Å². The number of aryl methyl sites for hydroxylation is 1. The zero-order valence-electron chi connectivity index (χ0n) is 17.5. The molecule has 5 heteroatoms. The summed E-state index contributed by atoms with van der Waals surface area (Å²) in [4.78, 5) is 24.7. The van der Waals surface area contributed by atoms with Gasteiger partial charge in [-0.1, -0.05) is 32.0 Å². The molecular formula is C23H29NO4. The van der Waals surface area contributed by atoms with E-state index in [2.05, 4.69) is 19.2 Å². The van der Waals surface area contributed by atoms with Crippen LogP contribution in [0.5, 0.6) is 5.75 Å². The number of rotatable bonds is 7. The van der Waals surface area contributed by atoms with E-state index < -0.39 is 12.1 Å². The molecule has 0 aliphatic carbocycles. The summed E-state index contributed by atoms with van der Waals surface area (Å²) >= 11 is 0. The van der Waals surface area contributed by atoms with Gasteiger partial charge in [0.25, 0.3) is 5.91 Å². The highest BCUT2D eigenvalue weighted by Gasteiger charge is 2.20. The number of hydrogen-bond donors (Lipinski definition) is 1. The lowest BCUT2D eigenvalue weighted by molar-refractivity contribution is -0.122. The Morgan fingerprint density at radius 3 is 2.43 bits per heavy atom. The van der Waals surface area contributed by atoms with E-state index in [0.29, 0.717) is 23.4 Å². The average Bonchev–Trinajstić information content (AvgIpc) is 2.63. The molecule has 0 aliphatic heterocycles. The lowest BCUT2D eigenvalue weighted by Crippen LogP contribution is -2.31. The van der Waals surface area contributed by atoms with Crippen molar-refractivity contribution in [1.29, 1.82) is 0 Å². The van der Waals surface area contributed by atoms with Crippen molar-refractivity contribution in [2.45, 2.75) is 53.6 Å². The van der Waals surface area contributed by atoms with Crippen LogP contribution in [-0.4, -0.2) is 24.6 Å². The number of nitrogens with one attached hydrogen (secondary N) is 1. The van der Waals surface area contributed by atoms with Gasteiger partial charge in [-0.3, -0.25) is 4.79 Å². The second kappa shape index (κ2) is 9.40. The normalized spacial score (nSPS) is 11.8. The van der Waals surface area contributed by atoms with E-state index in [1.165, 1.54) is 0 Å². The van der Waals surface area contributed by atoms with Gasteiger partial charge < -0.3 is 14.8 Å². The summed E-state index contributed by atoms with van der Waals surface area (Å²) in [5.41, 5.74) is 3.81. The summed E-state index contributed by atoms with van der Waals surface area (Å²) in [7, 11) is 0. The minimum atomic E-state index is -0.690. The topological polar surface area (TPSA) is 64.6 Å². The lowest BCUT2D eigenvalue weighted by atomic mass is 10.0. The Labute approximate surface area is 167 Å². The fourth-order valence-electron chi connectivity index (χ4n) is 2.90. The van der Waals surface area contributed by atoms with Crippen LogP contribution in [0.2, 0.25) is 0 Å². The largest absolute Gasteiger partial charge is 0.481 e. The molecule has 1 amide bonds. The quantitative estimate of drug-likeness (QED) is 0.683. The summed E-state index contributed by atoms with van der Waals surface area (Å²) in [5, 5.41) is 2.86. The maximum atomic E-state index is 12.7. The first kappa shape index (κ1) is 21.5. The van der Waals surface area contributed by atoms with Crippen LogP contribution in [0, 0.1) is 13.8 Å². The zero-order valence-corrected chi connectivity index (χ0v) is 17.5. The van der Waals surface area contributed by atoms with Gasteiger partial charge in [-0.25, -0.2) is 4.79 Å². The first-order valence-electron chi connectivity index (χ1n) is 9.59. The molecule has 28 heavy (non-hydrogen) atoms. The molecule has 0 bridgehead atoms. The first-order valence-corrected chi connectivity index (χ1v) is 9.59. The van der Waals surface area contributed by atoms with Crippen LogP contribution >= 0.6 is 0 Å². The third kappa shape index (κ3) is 5.12. The van der Waals surface area contributed by atoms with E-state index in [-0.39, 0.29) is 11.8 Å². The maximum Gasteiger partial charge on any atom is 0.338 e. The van der Waals surface area contributed by atoms with Crippen molar-refractivity contribution >= 4 is 17.6 Å². The van der Waals surface area contributed by atoms with Crippen LogP contribution in [0.15, 0.2) is 36.4 Å². The summed E-state index contributed by atoms with van der Waals surface area (Å²) in [6.07, 6.45) is -0.690. The van der Waals surface area contributed by atoms with E-state index in [9.17, 15) is 9.59 Å². The molecular weight excluding hydrogens is 354 g/mol. The Bertz CT molecular complexity index is 858. The fraction of sp³-hybridized carbons (Fsp3) is 0.391. The first-order chi connectivity index (χ1) is 13.2. The predicted octanol–water partition coefficient (Wildman–Crippen LogP) is 5.01. The van der Waals surface area contributed by atoms with Gasteiger partial charge in [0, 0.05) is 5.69 Å². The Morgan fingerprint density at radius 1 is 1.07 bits per heavy atom. The van der Waals surface area contributed by atoms with Crippen molar-refractivity contribution < 1.29 is 19.1 Å². The van der Waals surface area contributed by atoms with Crippen LogP contribution in [0.3, 0.4) is 0 Å². The maximum absolute atomic E-state index is 12.7. The van der Waals surface area contributed by atoms with Gasteiger partial charge in [-0.2, -0.15) is 0 Å². The standard InChI is InChI=1S/C23H29NO4/c1-7-27-23(26)19-9-8-10-20(16(19)5)24-22(25)17(6)28-21-13-15(4)11-12-18(21)14(2)3/h8-14,17H,7H2,1-6H3,(H,24,25). The average molecular weight is 383 g/mol. The molecule has 1 unspecified atom stereocenters. The molecule has 1 N–H and O–H groups in total. The number of hydrogen-bond acceptors (Lipinski definition) is 4. The van der Waals surface area contributed by atoms with Gasteiger partial charge in [0.2, 0.25) is 0 Å². The summed E-state index contributed by atoms with van der Waals surface area (Å²) < 4.78 is 11.0. The number of carbonyl (C=O) groups is 2. The highest BCUT2D eigenvalue weighted by molar-refractivity contribution is 5.98. The smallest absolute Gasteiger partial charge is 0.338 e. The highest BCUT2D eigenvalue weighted by atomic mass is 16.5. The van der Waals surface area contributed by atoms with Gasteiger partial charge >= 0.3 is 5.97 Å². The molecule has 2 rings (SSSR count). The van der Waals surface area contributed by atoms with Crippen molar-refractivity contribution in [3.63, 3.8) is 0 Å². The fourth-order valence-corrected chi connectivity index (χ4v) is 2.90. The third-order valence-electron chi connectivity index (χ3n) is 4.55. The Balaban J connectivity index is 2.17. The molecule has 2 aromatic rings. The van der Waals surface area contributed by atoms with E-state index in [0.717, 1.165) is 16.9 Å². The van der Waals surface area contributed by atoms with Gasteiger partial charge in [-0.05, 0) is 68.5 Å². The van der Waals surface area contributed by atoms with Gasteiger partial charge in [0.05, 0.1) is 12.2 Å². The molecule has 0 fully saturated rings. The van der Waals surface area contributed by atoms with E-state index >= 15 is 0 Å². The molecule has 5 nitrogen and oxygen atoms in total. The molecule has 1 atom stereocenters. The molecule has 0 heterocycles. The number of ether oxygens (including phenoxy) is 2. The molecule has 0 aliphatic rings. The van der Waals surface area contributed by atoms with Crippen LogP contribution in [0.25, 0.3) is 0 Å². The Kier molecular flexibility index (Phi) is 7.21. The number of anilines is 1. The van der Waals surface area contributed by atoms with Crippen molar-refractivity contribution in [2.24, 2.45) is 0 Å². The SMILES string of the molecule is CCOC(=O)c1cccc(NC(=O)C(C)Oc2cc(C)ccc2C(C)C)c1C. The van der Waals surface area contributed by atoms with E-state index in [4.69, 9.17) is 9.47 Å². The molecule has 0 spiro atoms. The summed E-state index contributed by atoms with van der Waals surface area (Å²) in [6, 6.07) is 11.2. The molecule has 0 radical (unpaired) electrons. The van der Waals surface area contributed by atoms with Crippen molar-refractivity contribution in [3.05, 3.63) is 58.7 Å².